The zero-order chi connectivity index (χ0) is 14.9. The Kier molecular flexibility index (Phi) is 3.32. The predicted molar refractivity (Wildman–Crippen MR) is 87.7 cm³/mol. The summed E-state index contributed by atoms with van der Waals surface area (Å²) in [4.78, 5) is 5.05. The van der Waals surface area contributed by atoms with Gasteiger partial charge in [0.1, 0.15) is 0 Å². The number of likely N-dealkylation sites (tertiary alicyclic amines) is 1. The van der Waals surface area contributed by atoms with Crippen molar-refractivity contribution in [3.05, 3.63) is 65.2 Å². The fourth-order valence-corrected chi connectivity index (χ4v) is 3.55. The normalized spacial score (nSPS) is 17.9. The Bertz CT molecular complexity index is 708. The molecule has 0 aliphatic carbocycles. The first-order valence-corrected chi connectivity index (χ1v) is 7.89. The summed E-state index contributed by atoms with van der Waals surface area (Å²) in [5.74, 6) is 0. The van der Waals surface area contributed by atoms with Gasteiger partial charge in [0.05, 0.1) is 17.7 Å². The Hall–Kier alpha value is -2.31. The fraction of sp³-hybridized carbons (Fsp3) is 0.316. The molecule has 1 fully saturated rings. The Morgan fingerprint density at radius 1 is 1.05 bits per heavy atom. The first-order chi connectivity index (χ1) is 10.8. The number of hydrogen-bond acceptors (Lipinski definition) is 3. The molecule has 0 bridgehead atoms. The number of nitriles is 1. The van der Waals surface area contributed by atoms with Crippen LogP contribution in [0.1, 0.15) is 16.7 Å². The minimum atomic E-state index is 0.655. The number of hydrogen-bond donors (Lipinski definition) is 0. The molecule has 3 nitrogen and oxygen atoms in total. The lowest BCUT2D eigenvalue weighted by Crippen LogP contribution is -2.58. The van der Waals surface area contributed by atoms with Crippen molar-refractivity contribution >= 4 is 5.69 Å². The minimum Gasteiger partial charge on any atom is -0.365 e. The Morgan fingerprint density at radius 3 is 2.59 bits per heavy atom. The van der Waals surface area contributed by atoms with Crippen LogP contribution in [-0.2, 0) is 13.0 Å². The summed E-state index contributed by atoms with van der Waals surface area (Å²) in [5.41, 5.74) is 4.96. The van der Waals surface area contributed by atoms with E-state index in [2.05, 4.69) is 52.3 Å². The van der Waals surface area contributed by atoms with Crippen LogP contribution in [-0.4, -0.2) is 30.6 Å². The molecule has 1 saturated heterocycles. The second-order valence-electron chi connectivity index (χ2n) is 6.23. The molecule has 0 aromatic heterocycles. The Labute approximate surface area is 131 Å². The third-order valence-electron chi connectivity index (χ3n) is 4.79. The topological polar surface area (TPSA) is 30.3 Å². The van der Waals surface area contributed by atoms with E-state index in [1.54, 1.807) is 0 Å². The maximum atomic E-state index is 8.84. The molecule has 0 spiro atoms. The SMILES string of the molecule is N#Cc1ccc(CN2CC(N3CCc4ccccc43)C2)cc1. The number of rotatable bonds is 3. The molecular weight excluding hydrogens is 270 g/mol. The van der Waals surface area contributed by atoms with Gasteiger partial charge in [-0.05, 0) is 35.7 Å². The Balaban J connectivity index is 1.36. The van der Waals surface area contributed by atoms with Crippen LogP contribution in [0.2, 0.25) is 0 Å². The fourth-order valence-electron chi connectivity index (χ4n) is 3.55. The van der Waals surface area contributed by atoms with Gasteiger partial charge < -0.3 is 4.90 Å². The van der Waals surface area contributed by atoms with Crippen LogP contribution in [0.4, 0.5) is 5.69 Å². The first kappa shape index (κ1) is 13.4. The summed E-state index contributed by atoms with van der Waals surface area (Å²) >= 11 is 0. The van der Waals surface area contributed by atoms with Gasteiger partial charge in [-0.2, -0.15) is 5.26 Å². The standard InChI is InChI=1S/C19H19N3/c20-11-15-5-7-16(8-6-15)12-21-13-18(14-21)22-10-9-17-3-1-2-4-19(17)22/h1-8,18H,9-10,12-14H2. The molecule has 110 valence electrons. The van der Waals surface area contributed by atoms with E-state index >= 15 is 0 Å². The third-order valence-corrected chi connectivity index (χ3v) is 4.79. The van der Waals surface area contributed by atoms with Gasteiger partial charge >= 0.3 is 0 Å². The van der Waals surface area contributed by atoms with Gasteiger partial charge in [-0.3, -0.25) is 4.90 Å². The summed E-state index contributed by atoms with van der Waals surface area (Å²) in [5, 5.41) is 8.84. The van der Waals surface area contributed by atoms with Crippen LogP contribution in [0, 0.1) is 11.3 Å². The number of para-hydroxylation sites is 1. The van der Waals surface area contributed by atoms with Gasteiger partial charge in [0.2, 0.25) is 0 Å². The highest BCUT2D eigenvalue weighted by Crippen LogP contribution is 2.32. The molecule has 3 heteroatoms. The van der Waals surface area contributed by atoms with E-state index in [0.717, 1.165) is 31.7 Å². The smallest absolute Gasteiger partial charge is 0.0991 e. The van der Waals surface area contributed by atoms with Gasteiger partial charge in [0.15, 0.2) is 0 Å². The van der Waals surface area contributed by atoms with Crippen LogP contribution in [0.25, 0.3) is 0 Å². The van der Waals surface area contributed by atoms with Gasteiger partial charge in [-0.25, -0.2) is 0 Å². The highest BCUT2D eigenvalue weighted by molar-refractivity contribution is 5.59. The van der Waals surface area contributed by atoms with Gasteiger partial charge in [0, 0.05) is 31.9 Å². The van der Waals surface area contributed by atoms with Crippen molar-refractivity contribution in [2.24, 2.45) is 0 Å². The average molecular weight is 289 g/mol. The summed E-state index contributed by atoms with van der Waals surface area (Å²) in [7, 11) is 0. The lowest BCUT2D eigenvalue weighted by Gasteiger charge is -2.45. The van der Waals surface area contributed by atoms with Crippen LogP contribution in [0.3, 0.4) is 0 Å². The van der Waals surface area contributed by atoms with E-state index in [9.17, 15) is 0 Å². The van der Waals surface area contributed by atoms with Gasteiger partial charge in [-0.15, -0.1) is 0 Å². The number of benzene rings is 2. The second kappa shape index (κ2) is 5.47. The molecule has 22 heavy (non-hydrogen) atoms. The molecular formula is C19H19N3. The quantitative estimate of drug-likeness (QED) is 0.870. The van der Waals surface area contributed by atoms with E-state index in [0.29, 0.717) is 6.04 Å². The number of nitrogens with zero attached hydrogens (tertiary/aromatic N) is 3. The molecule has 0 saturated carbocycles. The van der Waals surface area contributed by atoms with Crippen LogP contribution in [0.5, 0.6) is 0 Å². The average Bonchev–Trinajstić information content (AvgIpc) is 2.95. The zero-order valence-electron chi connectivity index (χ0n) is 12.6. The van der Waals surface area contributed by atoms with Crippen LogP contribution >= 0.6 is 0 Å². The largest absolute Gasteiger partial charge is 0.365 e. The van der Waals surface area contributed by atoms with Crippen molar-refractivity contribution in [1.82, 2.24) is 4.90 Å². The predicted octanol–water partition coefficient (Wildman–Crippen LogP) is 2.81. The van der Waals surface area contributed by atoms with Crippen molar-refractivity contribution in [2.75, 3.05) is 24.5 Å². The molecule has 0 radical (unpaired) electrons. The van der Waals surface area contributed by atoms with E-state index in [4.69, 9.17) is 5.26 Å². The van der Waals surface area contributed by atoms with E-state index in [-0.39, 0.29) is 0 Å². The molecule has 2 aromatic rings. The molecule has 2 heterocycles. The highest BCUT2D eigenvalue weighted by Gasteiger charge is 2.34. The number of anilines is 1. The highest BCUT2D eigenvalue weighted by atomic mass is 15.3. The van der Waals surface area contributed by atoms with Crippen molar-refractivity contribution in [1.29, 1.82) is 5.26 Å². The molecule has 2 aromatic carbocycles. The summed E-state index contributed by atoms with van der Waals surface area (Å²) in [6.07, 6.45) is 1.18. The molecule has 0 N–H and O–H groups in total. The Morgan fingerprint density at radius 2 is 1.82 bits per heavy atom. The van der Waals surface area contributed by atoms with E-state index in [1.165, 1.54) is 23.2 Å². The summed E-state index contributed by atoms with van der Waals surface area (Å²) in [6.45, 7) is 4.41. The zero-order valence-corrected chi connectivity index (χ0v) is 12.6. The van der Waals surface area contributed by atoms with Gasteiger partial charge in [-0.1, -0.05) is 30.3 Å². The summed E-state index contributed by atoms with van der Waals surface area (Å²) < 4.78 is 0. The molecule has 2 aliphatic rings. The van der Waals surface area contributed by atoms with Crippen molar-refractivity contribution in [2.45, 2.75) is 19.0 Å². The van der Waals surface area contributed by atoms with Crippen LogP contribution in [0.15, 0.2) is 48.5 Å². The van der Waals surface area contributed by atoms with Crippen molar-refractivity contribution in [3.63, 3.8) is 0 Å². The lowest BCUT2D eigenvalue weighted by atomic mass is 10.0. The maximum Gasteiger partial charge on any atom is 0.0991 e. The van der Waals surface area contributed by atoms with Gasteiger partial charge in [0.25, 0.3) is 0 Å². The third kappa shape index (κ3) is 2.36. The molecule has 0 atom stereocenters. The van der Waals surface area contributed by atoms with Crippen LogP contribution < -0.4 is 4.90 Å². The summed E-state index contributed by atoms with van der Waals surface area (Å²) in [6, 6.07) is 19.6. The number of fused-ring (bicyclic) bond motifs is 1. The molecule has 0 unspecified atom stereocenters. The monoisotopic (exact) mass is 289 g/mol. The maximum absolute atomic E-state index is 8.84. The lowest BCUT2D eigenvalue weighted by molar-refractivity contribution is 0.137. The van der Waals surface area contributed by atoms with Crippen molar-refractivity contribution < 1.29 is 0 Å². The van der Waals surface area contributed by atoms with Crippen molar-refractivity contribution in [3.8, 4) is 6.07 Å². The van der Waals surface area contributed by atoms with E-state index in [1.807, 2.05) is 12.1 Å². The molecule has 4 rings (SSSR count). The first-order valence-electron chi connectivity index (χ1n) is 7.89. The van der Waals surface area contributed by atoms with E-state index < -0.39 is 0 Å². The molecule has 0 amide bonds. The second-order valence-corrected chi connectivity index (χ2v) is 6.23. The minimum absolute atomic E-state index is 0.655. The molecule has 2 aliphatic heterocycles.